The third kappa shape index (κ3) is 5.87. The van der Waals surface area contributed by atoms with Crippen molar-refractivity contribution in [1.82, 2.24) is 10.2 Å². The Balaban J connectivity index is 2.21. The Morgan fingerprint density at radius 2 is 1.95 bits per heavy atom. The fraction of sp³-hybridized carbons (Fsp3) is 0.929. The molecular weight excluding hydrogens is 317 g/mol. The van der Waals surface area contributed by atoms with E-state index in [-0.39, 0.29) is 19.1 Å². The number of piperidine rings is 1. The Hall–Kier alpha value is -0.630. The molecule has 0 aliphatic carbocycles. The number of aliphatic hydroxyl groups is 1. The number of hydrogen-bond acceptors (Lipinski definition) is 3. The smallest absolute Gasteiger partial charge is 0.380 e. The van der Waals surface area contributed by atoms with Crippen LogP contribution in [0.15, 0.2) is 0 Å². The maximum atomic E-state index is 12.7. The molecule has 130 valence electrons. The molecule has 0 saturated carbocycles. The van der Waals surface area contributed by atoms with Gasteiger partial charge in [-0.1, -0.05) is 13.8 Å². The van der Waals surface area contributed by atoms with Gasteiger partial charge in [0.2, 0.25) is 0 Å². The minimum absolute atomic E-state index is 0.0794. The van der Waals surface area contributed by atoms with Crippen molar-refractivity contribution in [3.63, 3.8) is 0 Å². The molecule has 0 atom stereocenters. The Kier molecular flexibility index (Phi) is 7.31. The minimum Gasteiger partial charge on any atom is -0.380 e. The zero-order valence-corrected chi connectivity index (χ0v) is 13.9. The second-order valence-corrected chi connectivity index (χ2v) is 7.22. The van der Waals surface area contributed by atoms with Crippen LogP contribution in [0, 0.1) is 5.92 Å². The summed E-state index contributed by atoms with van der Waals surface area (Å²) in [6.45, 7) is 4.65. The predicted molar refractivity (Wildman–Crippen MR) is 82.0 cm³/mol. The van der Waals surface area contributed by atoms with Crippen LogP contribution in [0.3, 0.4) is 0 Å². The molecule has 0 aromatic rings. The van der Waals surface area contributed by atoms with E-state index in [4.69, 9.17) is 0 Å². The summed E-state index contributed by atoms with van der Waals surface area (Å²) < 4.78 is 38.0. The fourth-order valence-electron chi connectivity index (χ4n) is 2.16. The predicted octanol–water partition coefficient (Wildman–Crippen LogP) is 2.86. The highest BCUT2D eigenvalue weighted by Gasteiger charge is 2.54. The zero-order chi connectivity index (χ0) is 16.8. The molecule has 0 radical (unpaired) electrons. The summed E-state index contributed by atoms with van der Waals surface area (Å²) in [6, 6.07) is -0.349. The summed E-state index contributed by atoms with van der Waals surface area (Å²) in [6.07, 6.45) is -4.73. The lowest BCUT2D eigenvalue weighted by molar-refractivity contribution is -0.271. The first kappa shape index (κ1) is 19.4. The van der Waals surface area contributed by atoms with E-state index in [9.17, 15) is 23.1 Å². The molecule has 1 rings (SSSR count). The lowest BCUT2D eigenvalue weighted by Crippen LogP contribution is -2.55. The van der Waals surface area contributed by atoms with E-state index >= 15 is 0 Å². The Morgan fingerprint density at radius 3 is 2.45 bits per heavy atom. The van der Waals surface area contributed by atoms with Crippen LogP contribution in [0.4, 0.5) is 18.0 Å². The van der Waals surface area contributed by atoms with Crippen molar-refractivity contribution in [1.29, 1.82) is 0 Å². The van der Waals surface area contributed by atoms with Crippen LogP contribution in [0.5, 0.6) is 0 Å². The molecule has 1 fully saturated rings. The van der Waals surface area contributed by atoms with Crippen molar-refractivity contribution in [2.75, 3.05) is 31.1 Å². The van der Waals surface area contributed by atoms with Gasteiger partial charge in [-0.3, -0.25) is 0 Å². The molecule has 0 aromatic carbocycles. The molecule has 0 bridgehead atoms. The molecule has 1 aliphatic rings. The quantitative estimate of drug-likeness (QED) is 0.730. The van der Waals surface area contributed by atoms with Gasteiger partial charge < -0.3 is 15.3 Å². The molecule has 1 heterocycles. The largest absolute Gasteiger partial charge is 0.417 e. The molecule has 22 heavy (non-hydrogen) atoms. The van der Waals surface area contributed by atoms with Gasteiger partial charge in [0.25, 0.3) is 0 Å². The summed E-state index contributed by atoms with van der Waals surface area (Å²) in [4.78, 5) is 13.2. The second-order valence-electron chi connectivity index (χ2n) is 6.07. The maximum absolute atomic E-state index is 12.7. The van der Waals surface area contributed by atoms with Gasteiger partial charge in [-0.25, -0.2) is 4.79 Å². The summed E-state index contributed by atoms with van der Waals surface area (Å²) >= 11 is 1.83. The molecule has 1 saturated heterocycles. The van der Waals surface area contributed by atoms with Crippen LogP contribution < -0.4 is 5.32 Å². The lowest BCUT2D eigenvalue weighted by atomic mass is 9.91. The number of nitrogens with zero attached hydrogens (tertiary/aromatic N) is 1. The molecule has 4 nitrogen and oxygen atoms in total. The van der Waals surface area contributed by atoms with E-state index in [0.717, 1.165) is 17.9 Å². The van der Waals surface area contributed by atoms with Crippen LogP contribution in [0.2, 0.25) is 0 Å². The zero-order valence-electron chi connectivity index (χ0n) is 13.1. The van der Waals surface area contributed by atoms with E-state index in [0.29, 0.717) is 12.5 Å². The molecule has 2 amide bonds. The molecular formula is C14H25F3N2O2S. The second kappa shape index (κ2) is 8.29. The van der Waals surface area contributed by atoms with Crippen LogP contribution in [-0.4, -0.2) is 59.0 Å². The van der Waals surface area contributed by atoms with E-state index in [1.807, 2.05) is 11.8 Å². The number of halogens is 3. The highest BCUT2D eigenvalue weighted by Crippen LogP contribution is 2.38. The van der Waals surface area contributed by atoms with Crippen molar-refractivity contribution in [3.05, 3.63) is 0 Å². The van der Waals surface area contributed by atoms with Gasteiger partial charge in [0.05, 0.1) is 0 Å². The number of carbonyl (C=O) groups excluding carboxylic acids is 1. The van der Waals surface area contributed by atoms with Crippen LogP contribution in [-0.2, 0) is 0 Å². The van der Waals surface area contributed by atoms with Crippen LogP contribution in [0.25, 0.3) is 0 Å². The highest BCUT2D eigenvalue weighted by atomic mass is 32.2. The average molecular weight is 342 g/mol. The Bertz CT molecular complexity index is 356. The van der Waals surface area contributed by atoms with E-state index in [1.165, 1.54) is 4.90 Å². The van der Waals surface area contributed by atoms with E-state index < -0.39 is 24.6 Å². The first-order chi connectivity index (χ1) is 10.2. The van der Waals surface area contributed by atoms with E-state index in [1.54, 1.807) is 0 Å². The SMILES string of the molecule is CC(C)CSCCCNC(=O)N1CCC(O)(C(F)(F)F)CC1. The fourth-order valence-corrected chi connectivity index (χ4v) is 3.15. The van der Waals surface area contributed by atoms with Crippen molar-refractivity contribution >= 4 is 17.8 Å². The minimum atomic E-state index is -4.64. The third-order valence-electron chi connectivity index (χ3n) is 3.60. The van der Waals surface area contributed by atoms with E-state index in [2.05, 4.69) is 19.2 Å². The molecule has 0 spiro atoms. The first-order valence-corrected chi connectivity index (χ1v) is 8.71. The van der Waals surface area contributed by atoms with Crippen LogP contribution >= 0.6 is 11.8 Å². The number of nitrogens with one attached hydrogen (secondary N) is 1. The number of carbonyl (C=O) groups is 1. The molecule has 8 heteroatoms. The topological polar surface area (TPSA) is 52.6 Å². The van der Waals surface area contributed by atoms with Crippen molar-refractivity contribution in [2.45, 2.75) is 44.9 Å². The third-order valence-corrected chi connectivity index (χ3v) is 5.08. The Labute approximate surface area is 133 Å². The molecule has 0 unspecified atom stereocenters. The Morgan fingerprint density at radius 1 is 1.36 bits per heavy atom. The van der Waals surface area contributed by atoms with Gasteiger partial charge >= 0.3 is 12.2 Å². The van der Waals surface area contributed by atoms with Gasteiger partial charge in [0.1, 0.15) is 0 Å². The summed E-state index contributed by atoms with van der Waals surface area (Å²) in [5.74, 6) is 2.67. The van der Waals surface area contributed by atoms with Gasteiger partial charge in [0, 0.05) is 32.5 Å². The van der Waals surface area contributed by atoms with Gasteiger partial charge in [-0.15, -0.1) is 0 Å². The molecule has 2 N–H and O–H groups in total. The highest BCUT2D eigenvalue weighted by molar-refractivity contribution is 7.99. The number of rotatable bonds is 6. The molecule has 1 aliphatic heterocycles. The number of likely N-dealkylation sites (tertiary alicyclic amines) is 1. The molecule has 0 aromatic heterocycles. The number of thioether (sulfide) groups is 1. The number of hydrogen-bond donors (Lipinski definition) is 2. The summed E-state index contributed by atoms with van der Waals surface area (Å²) in [5.41, 5.74) is -2.66. The van der Waals surface area contributed by atoms with Gasteiger partial charge in [-0.05, 0) is 23.8 Å². The van der Waals surface area contributed by atoms with Crippen molar-refractivity contribution in [3.8, 4) is 0 Å². The monoisotopic (exact) mass is 342 g/mol. The van der Waals surface area contributed by atoms with Crippen molar-refractivity contribution < 1.29 is 23.1 Å². The lowest BCUT2D eigenvalue weighted by Gasteiger charge is -2.39. The summed E-state index contributed by atoms with van der Waals surface area (Å²) in [7, 11) is 0. The van der Waals surface area contributed by atoms with Gasteiger partial charge in [0.15, 0.2) is 5.60 Å². The van der Waals surface area contributed by atoms with Crippen LogP contribution in [0.1, 0.15) is 33.1 Å². The maximum Gasteiger partial charge on any atom is 0.417 e. The number of alkyl halides is 3. The summed E-state index contributed by atoms with van der Waals surface area (Å²) in [5, 5.41) is 12.3. The number of amides is 2. The van der Waals surface area contributed by atoms with Crippen molar-refractivity contribution in [2.24, 2.45) is 5.92 Å². The normalized spacial score (nSPS) is 18.6. The average Bonchev–Trinajstić information content (AvgIpc) is 2.41. The van der Waals surface area contributed by atoms with Gasteiger partial charge in [-0.2, -0.15) is 24.9 Å². The standard InChI is InChI=1S/C14H25F3N2O2S/c1-11(2)10-22-9-3-6-18-12(20)19-7-4-13(21,5-8-19)14(15,16)17/h11,21H,3-10H2,1-2H3,(H,18,20). The number of urea groups is 1. The first-order valence-electron chi connectivity index (χ1n) is 7.55.